The molecule has 3 heterocycles. The van der Waals surface area contributed by atoms with E-state index >= 15 is 0 Å². The van der Waals surface area contributed by atoms with Gasteiger partial charge in [-0.15, -0.1) is 0 Å². The lowest BCUT2D eigenvalue weighted by Gasteiger charge is -2.35. The maximum absolute atomic E-state index is 12.3. The fraction of sp³-hybridized carbons (Fsp3) is 0.391. The minimum atomic E-state index is -3.05. The number of aromatic nitrogens is 3. The van der Waals surface area contributed by atoms with Crippen LogP contribution in [0.4, 0.5) is 5.82 Å². The number of nitrogens with zero attached hydrogens (tertiary/aromatic N) is 5. The number of piperazine rings is 1. The van der Waals surface area contributed by atoms with Crippen LogP contribution in [0.5, 0.6) is 0 Å². The molecule has 8 heteroatoms. The zero-order chi connectivity index (χ0) is 21.3. The van der Waals surface area contributed by atoms with Crippen LogP contribution in [0.1, 0.15) is 24.2 Å². The van der Waals surface area contributed by atoms with E-state index in [1.165, 1.54) is 0 Å². The van der Waals surface area contributed by atoms with Crippen LogP contribution in [-0.2, 0) is 22.1 Å². The maximum atomic E-state index is 12.3. The highest BCUT2D eigenvalue weighted by Gasteiger charge is 2.35. The van der Waals surface area contributed by atoms with Gasteiger partial charge in [-0.05, 0) is 37.1 Å². The second-order valence-corrected chi connectivity index (χ2v) is 10.6. The second-order valence-electron chi connectivity index (χ2n) is 8.36. The predicted octanol–water partition coefficient (Wildman–Crippen LogP) is 2.67. The summed E-state index contributed by atoms with van der Waals surface area (Å²) in [6.07, 6.45) is 5.56. The molecule has 0 bridgehead atoms. The molecule has 162 valence electrons. The molecule has 0 spiro atoms. The van der Waals surface area contributed by atoms with Gasteiger partial charge in [-0.2, -0.15) is 0 Å². The molecule has 2 aromatic heterocycles. The van der Waals surface area contributed by atoms with E-state index in [0.29, 0.717) is 5.69 Å². The fourth-order valence-electron chi connectivity index (χ4n) is 4.03. The van der Waals surface area contributed by atoms with Crippen molar-refractivity contribution in [3.63, 3.8) is 0 Å². The van der Waals surface area contributed by atoms with Crippen molar-refractivity contribution in [2.75, 3.05) is 31.1 Å². The van der Waals surface area contributed by atoms with Crippen molar-refractivity contribution in [3.8, 4) is 5.69 Å². The third kappa shape index (κ3) is 4.80. The topological polar surface area (TPSA) is 71.3 Å². The van der Waals surface area contributed by atoms with Crippen LogP contribution in [-0.4, -0.2) is 59.3 Å². The summed E-state index contributed by atoms with van der Waals surface area (Å²) in [5.41, 5.74) is 2.82. The number of hydrogen-bond acceptors (Lipinski definition) is 6. The van der Waals surface area contributed by atoms with Gasteiger partial charge in [0.1, 0.15) is 5.82 Å². The highest BCUT2D eigenvalue weighted by Crippen LogP contribution is 2.30. The van der Waals surface area contributed by atoms with Crippen LogP contribution in [0.3, 0.4) is 0 Å². The molecular weight excluding hydrogens is 410 g/mol. The van der Waals surface area contributed by atoms with Gasteiger partial charge in [0.25, 0.3) is 0 Å². The van der Waals surface area contributed by atoms with Gasteiger partial charge < -0.3 is 9.47 Å². The largest absolute Gasteiger partial charge is 0.354 e. The molecule has 0 atom stereocenters. The zero-order valence-corrected chi connectivity index (χ0v) is 18.3. The average Bonchev–Trinajstić information content (AvgIpc) is 3.56. The molecule has 2 fully saturated rings. The van der Waals surface area contributed by atoms with E-state index in [2.05, 4.69) is 42.7 Å². The van der Waals surface area contributed by atoms with Gasteiger partial charge in [-0.1, -0.05) is 24.3 Å². The summed E-state index contributed by atoms with van der Waals surface area (Å²) in [5, 5.41) is -0.146. The highest BCUT2D eigenvalue weighted by atomic mass is 32.2. The van der Waals surface area contributed by atoms with E-state index in [1.54, 1.807) is 0 Å². The lowest BCUT2D eigenvalue weighted by Crippen LogP contribution is -2.46. The first kappa shape index (κ1) is 20.2. The zero-order valence-electron chi connectivity index (χ0n) is 17.5. The maximum Gasteiger partial charge on any atom is 0.158 e. The van der Waals surface area contributed by atoms with Crippen LogP contribution in [0, 0.1) is 0 Å². The molecule has 1 aliphatic heterocycles. The molecule has 0 N–H and O–H groups in total. The van der Waals surface area contributed by atoms with Gasteiger partial charge in [-0.3, -0.25) is 4.90 Å². The highest BCUT2D eigenvalue weighted by molar-refractivity contribution is 7.91. The summed E-state index contributed by atoms with van der Waals surface area (Å²) in [5.74, 6) is 0.923. The van der Waals surface area contributed by atoms with Crippen molar-refractivity contribution < 1.29 is 8.42 Å². The summed E-state index contributed by atoms with van der Waals surface area (Å²) in [7, 11) is -3.05. The van der Waals surface area contributed by atoms with Crippen molar-refractivity contribution in [2.24, 2.45) is 0 Å². The van der Waals surface area contributed by atoms with E-state index in [0.717, 1.165) is 62.8 Å². The van der Waals surface area contributed by atoms with Crippen molar-refractivity contribution >= 4 is 15.7 Å². The Morgan fingerprint density at radius 1 is 0.903 bits per heavy atom. The normalized spacial score (nSPS) is 17.7. The quantitative estimate of drug-likeness (QED) is 0.566. The second kappa shape index (κ2) is 8.43. The Morgan fingerprint density at radius 3 is 2.42 bits per heavy atom. The smallest absolute Gasteiger partial charge is 0.158 e. The Bertz CT molecular complexity index is 1130. The number of imidazole rings is 1. The fourth-order valence-corrected chi connectivity index (χ4v) is 5.69. The summed E-state index contributed by atoms with van der Waals surface area (Å²) in [6, 6.07) is 15.9. The summed E-state index contributed by atoms with van der Waals surface area (Å²) < 4.78 is 26.6. The van der Waals surface area contributed by atoms with E-state index in [4.69, 9.17) is 0 Å². The van der Waals surface area contributed by atoms with Gasteiger partial charge in [0.05, 0.1) is 28.7 Å². The Labute approximate surface area is 183 Å². The monoisotopic (exact) mass is 437 g/mol. The van der Waals surface area contributed by atoms with Crippen molar-refractivity contribution in [1.29, 1.82) is 0 Å². The molecule has 2 aliphatic rings. The van der Waals surface area contributed by atoms with Gasteiger partial charge in [0, 0.05) is 44.6 Å². The number of pyridine rings is 1. The predicted molar refractivity (Wildman–Crippen MR) is 121 cm³/mol. The summed E-state index contributed by atoms with van der Waals surface area (Å²) in [4.78, 5) is 13.9. The molecular formula is C23H27N5O2S. The number of rotatable bonds is 7. The van der Waals surface area contributed by atoms with Crippen LogP contribution in [0.25, 0.3) is 5.69 Å². The van der Waals surface area contributed by atoms with Crippen molar-refractivity contribution in [2.45, 2.75) is 30.4 Å². The summed E-state index contributed by atoms with van der Waals surface area (Å²) in [6.45, 7) is 4.40. The minimum Gasteiger partial charge on any atom is -0.354 e. The van der Waals surface area contributed by atoms with Crippen molar-refractivity contribution in [1.82, 2.24) is 19.4 Å². The van der Waals surface area contributed by atoms with Gasteiger partial charge >= 0.3 is 0 Å². The molecule has 0 radical (unpaired) electrons. The summed E-state index contributed by atoms with van der Waals surface area (Å²) >= 11 is 0. The molecule has 1 saturated heterocycles. The first-order chi connectivity index (χ1) is 15.1. The van der Waals surface area contributed by atoms with E-state index < -0.39 is 9.84 Å². The molecule has 7 nitrogen and oxygen atoms in total. The van der Waals surface area contributed by atoms with E-state index in [1.807, 2.05) is 42.7 Å². The number of benzene rings is 1. The van der Waals surface area contributed by atoms with Gasteiger partial charge in [0.2, 0.25) is 0 Å². The minimum absolute atomic E-state index is 0.0511. The third-order valence-corrected chi connectivity index (χ3v) is 8.13. The SMILES string of the molecule is O=S(=O)(Cc1cccc(N2CCN(Cc3cn(-c4ccccc4)cn3)CC2)n1)C1CC1. The molecule has 1 saturated carbocycles. The Kier molecular flexibility index (Phi) is 5.50. The van der Waals surface area contributed by atoms with Crippen LogP contribution < -0.4 is 4.90 Å². The molecule has 1 aliphatic carbocycles. The van der Waals surface area contributed by atoms with Crippen LogP contribution in [0.2, 0.25) is 0 Å². The number of sulfone groups is 1. The van der Waals surface area contributed by atoms with Crippen molar-refractivity contribution in [3.05, 3.63) is 72.4 Å². The molecule has 31 heavy (non-hydrogen) atoms. The molecule has 3 aromatic rings. The van der Waals surface area contributed by atoms with Gasteiger partial charge in [-0.25, -0.2) is 18.4 Å². The van der Waals surface area contributed by atoms with E-state index in [9.17, 15) is 8.42 Å². The molecule has 0 amide bonds. The number of anilines is 1. The standard InChI is InChI=1S/C23H27N5O2S/c29-31(30,22-9-10-22)17-19-5-4-8-23(25-19)27-13-11-26(12-14-27)15-20-16-28(18-24-20)21-6-2-1-3-7-21/h1-8,16,18,22H,9-15,17H2. The Balaban J connectivity index is 1.17. The average molecular weight is 438 g/mol. The lowest BCUT2D eigenvalue weighted by molar-refractivity contribution is 0.247. The van der Waals surface area contributed by atoms with Crippen LogP contribution in [0.15, 0.2) is 61.1 Å². The lowest BCUT2D eigenvalue weighted by atomic mass is 10.2. The molecule has 1 aromatic carbocycles. The van der Waals surface area contributed by atoms with Gasteiger partial charge in [0.15, 0.2) is 9.84 Å². The molecule has 5 rings (SSSR count). The Morgan fingerprint density at radius 2 is 1.68 bits per heavy atom. The van der Waals surface area contributed by atoms with Crippen LogP contribution >= 0.6 is 0 Å². The van der Waals surface area contributed by atoms with E-state index in [-0.39, 0.29) is 11.0 Å². The molecule has 0 unspecified atom stereocenters. The number of hydrogen-bond donors (Lipinski definition) is 0. The number of para-hydroxylation sites is 1. The third-order valence-electron chi connectivity index (χ3n) is 5.95. The first-order valence-corrected chi connectivity index (χ1v) is 12.5. The first-order valence-electron chi connectivity index (χ1n) is 10.8. The Hall–Kier alpha value is -2.71.